The number of hydrogen-bond acceptors (Lipinski definition) is 4. The molecule has 0 atom stereocenters. The highest BCUT2D eigenvalue weighted by Gasteiger charge is 2.13. The summed E-state index contributed by atoms with van der Waals surface area (Å²) in [5.41, 5.74) is 4.20. The minimum absolute atomic E-state index is 0.0256. The largest absolute Gasteiger partial charge is 0.337 e. The summed E-state index contributed by atoms with van der Waals surface area (Å²) in [4.78, 5) is 18.4. The Bertz CT molecular complexity index is 831. The second-order valence-corrected chi connectivity index (χ2v) is 6.83. The van der Waals surface area contributed by atoms with Gasteiger partial charge in [0.05, 0.1) is 0 Å². The molecule has 25 heavy (non-hydrogen) atoms. The molecule has 0 saturated carbocycles. The first-order chi connectivity index (χ1) is 12.1. The van der Waals surface area contributed by atoms with Gasteiger partial charge in [-0.2, -0.15) is 5.10 Å². The lowest BCUT2D eigenvalue weighted by atomic mass is 10.1. The van der Waals surface area contributed by atoms with Crippen molar-refractivity contribution < 1.29 is 4.79 Å². The molecule has 1 N–H and O–H groups in total. The highest BCUT2D eigenvalue weighted by molar-refractivity contribution is 7.98. The number of benzene rings is 2. The second-order valence-electron chi connectivity index (χ2n) is 5.86. The molecule has 1 amide bonds. The molecule has 0 spiro atoms. The van der Waals surface area contributed by atoms with Crippen molar-refractivity contribution in [3.8, 4) is 0 Å². The molecule has 5 nitrogen and oxygen atoms in total. The molecule has 0 radical (unpaired) electrons. The van der Waals surface area contributed by atoms with E-state index in [1.54, 1.807) is 16.7 Å². The maximum absolute atomic E-state index is 12.6. The number of amides is 1. The van der Waals surface area contributed by atoms with Gasteiger partial charge < -0.3 is 4.90 Å². The molecule has 0 aliphatic carbocycles. The molecule has 128 valence electrons. The van der Waals surface area contributed by atoms with E-state index in [9.17, 15) is 4.79 Å². The van der Waals surface area contributed by atoms with E-state index < -0.39 is 0 Å². The average molecular weight is 352 g/mol. The molecular weight excluding hydrogens is 332 g/mol. The van der Waals surface area contributed by atoms with Crippen LogP contribution in [0.1, 0.15) is 27.0 Å². The molecule has 1 heterocycles. The molecule has 0 aliphatic heterocycles. The zero-order valence-corrected chi connectivity index (χ0v) is 15.1. The van der Waals surface area contributed by atoms with Crippen molar-refractivity contribution in [2.45, 2.75) is 24.4 Å². The number of rotatable bonds is 6. The minimum Gasteiger partial charge on any atom is -0.337 e. The zero-order chi connectivity index (χ0) is 17.6. The first-order valence-corrected chi connectivity index (χ1v) is 8.99. The van der Waals surface area contributed by atoms with Crippen LogP contribution in [-0.4, -0.2) is 33.0 Å². The van der Waals surface area contributed by atoms with Crippen LogP contribution in [0.4, 0.5) is 0 Å². The number of thioether (sulfide) groups is 1. The molecule has 3 rings (SSSR count). The highest BCUT2D eigenvalue weighted by atomic mass is 32.2. The summed E-state index contributed by atoms with van der Waals surface area (Å²) in [5.74, 6) is 0.806. The van der Waals surface area contributed by atoms with Gasteiger partial charge in [-0.3, -0.25) is 9.89 Å². The van der Waals surface area contributed by atoms with Crippen LogP contribution in [0, 0.1) is 6.92 Å². The fourth-order valence-corrected chi connectivity index (χ4v) is 3.23. The third kappa shape index (κ3) is 4.48. The summed E-state index contributed by atoms with van der Waals surface area (Å²) in [6.45, 7) is 2.67. The Morgan fingerprint density at radius 1 is 1.16 bits per heavy atom. The molecule has 0 unspecified atom stereocenters. The number of aromatic amines is 1. The van der Waals surface area contributed by atoms with E-state index in [1.165, 1.54) is 17.5 Å². The van der Waals surface area contributed by atoms with Crippen LogP contribution < -0.4 is 0 Å². The van der Waals surface area contributed by atoms with Gasteiger partial charge in [-0.05, 0) is 35.7 Å². The Kier molecular flexibility index (Phi) is 5.50. The molecule has 0 fully saturated rings. The van der Waals surface area contributed by atoms with E-state index in [4.69, 9.17) is 0 Å². The van der Waals surface area contributed by atoms with Gasteiger partial charge in [0.2, 0.25) is 0 Å². The third-order valence-corrected chi connectivity index (χ3v) is 4.93. The Morgan fingerprint density at radius 2 is 1.92 bits per heavy atom. The summed E-state index contributed by atoms with van der Waals surface area (Å²) >= 11 is 1.58. The van der Waals surface area contributed by atoms with E-state index in [1.807, 2.05) is 43.4 Å². The Balaban J connectivity index is 1.61. The zero-order valence-electron chi connectivity index (χ0n) is 14.3. The van der Waals surface area contributed by atoms with Gasteiger partial charge in [-0.1, -0.05) is 48.2 Å². The lowest BCUT2D eigenvalue weighted by molar-refractivity contribution is 0.0785. The topological polar surface area (TPSA) is 61.9 Å². The van der Waals surface area contributed by atoms with Crippen molar-refractivity contribution >= 4 is 17.7 Å². The van der Waals surface area contributed by atoms with Gasteiger partial charge in [-0.15, -0.1) is 0 Å². The van der Waals surface area contributed by atoms with Crippen molar-refractivity contribution in [2.75, 3.05) is 7.05 Å². The quantitative estimate of drug-likeness (QED) is 0.688. The van der Waals surface area contributed by atoms with Gasteiger partial charge in [0, 0.05) is 24.9 Å². The predicted molar refractivity (Wildman–Crippen MR) is 99.4 cm³/mol. The number of carbonyl (C=O) groups is 1. The number of nitrogens with one attached hydrogen (secondary N) is 1. The number of nitrogens with zero attached hydrogens (tertiary/aromatic N) is 3. The number of aryl methyl sites for hydroxylation is 1. The predicted octanol–water partition coefficient (Wildman–Crippen LogP) is 3.68. The Morgan fingerprint density at radius 3 is 2.60 bits per heavy atom. The SMILES string of the molecule is Cc1ccccc1CN(C)C(=O)c1ccc(CSc2ncn[nH]2)cc1. The van der Waals surface area contributed by atoms with Crippen LogP contribution in [0.3, 0.4) is 0 Å². The lowest BCUT2D eigenvalue weighted by Gasteiger charge is -2.18. The lowest BCUT2D eigenvalue weighted by Crippen LogP contribution is -2.26. The van der Waals surface area contributed by atoms with Gasteiger partial charge in [0.1, 0.15) is 6.33 Å². The number of H-pyrrole nitrogens is 1. The highest BCUT2D eigenvalue weighted by Crippen LogP contribution is 2.19. The number of hydrogen-bond donors (Lipinski definition) is 1. The van der Waals surface area contributed by atoms with Crippen LogP contribution in [0.25, 0.3) is 0 Å². The molecule has 6 heteroatoms. The van der Waals surface area contributed by atoms with E-state index in [2.05, 4.69) is 34.2 Å². The van der Waals surface area contributed by atoms with E-state index >= 15 is 0 Å². The molecule has 3 aromatic rings. The maximum atomic E-state index is 12.6. The van der Waals surface area contributed by atoms with Crippen LogP contribution in [-0.2, 0) is 12.3 Å². The van der Waals surface area contributed by atoms with Crippen LogP contribution in [0.15, 0.2) is 60.0 Å². The van der Waals surface area contributed by atoms with Crippen molar-refractivity contribution in [3.63, 3.8) is 0 Å². The van der Waals surface area contributed by atoms with Crippen LogP contribution >= 0.6 is 11.8 Å². The summed E-state index contributed by atoms with van der Waals surface area (Å²) in [6.07, 6.45) is 1.49. The summed E-state index contributed by atoms with van der Waals surface area (Å²) in [6, 6.07) is 15.9. The van der Waals surface area contributed by atoms with Gasteiger partial charge in [0.15, 0.2) is 5.16 Å². The monoisotopic (exact) mass is 352 g/mol. The smallest absolute Gasteiger partial charge is 0.253 e. The normalized spacial score (nSPS) is 10.6. The average Bonchev–Trinajstić information content (AvgIpc) is 3.15. The van der Waals surface area contributed by atoms with E-state index in [-0.39, 0.29) is 5.91 Å². The number of aromatic nitrogens is 3. The number of carbonyl (C=O) groups excluding carboxylic acids is 1. The maximum Gasteiger partial charge on any atom is 0.253 e. The molecule has 0 saturated heterocycles. The summed E-state index contributed by atoms with van der Waals surface area (Å²) < 4.78 is 0. The van der Waals surface area contributed by atoms with Crippen molar-refractivity contribution in [2.24, 2.45) is 0 Å². The van der Waals surface area contributed by atoms with Crippen LogP contribution in [0.5, 0.6) is 0 Å². The Labute approximate surface area is 151 Å². The van der Waals surface area contributed by atoms with E-state index in [0.29, 0.717) is 12.1 Å². The van der Waals surface area contributed by atoms with Crippen molar-refractivity contribution in [1.29, 1.82) is 0 Å². The third-order valence-electron chi connectivity index (χ3n) is 3.98. The van der Waals surface area contributed by atoms with Gasteiger partial charge in [-0.25, -0.2) is 4.98 Å². The summed E-state index contributed by atoms with van der Waals surface area (Å²) in [7, 11) is 1.84. The van der Waals surface area contributed by atoms with Crippen LogP contribution in [0.2, 0.25) is 0 Å². The molecule has 2 aromatic carbocycles. The van der Waals surface area contributed by atoms with Crippen molar-refractivity contribution in [3.05, 3.63) is 77.1 Å². The molecule has 1 aromatic heterocycles. The van der Waals surface area contributed by atoms with Gasteiger partial charge in [0.25, 0.3) is 5.91 Å². The fourth-order valence-electron chi connectivity index (χ4n) is 2.49. The molecular formula is C19H20N4OS. The fraction of sp³-hybridized carbons (Fsp3) is 0.211. The first-order valence-electron chi connectivity index (χ1n) is 8.00. The minimum atomic E-state index is 0.0256. The van der Waals surface area contributed by atoms with Crippen molar-refractivity contribution in [1.82, 2.24) is 20.1 Å². The standard InChI is InChI=1S/C19H20N4OS/c1-14-5-3-4-6-17(14)11-23(2)18(24)16-9-7-15(8-10-16)12-25-19-20-13-21-22-19/h3-10,13H,11-12H2,1-2H3,(H,20,21,22). The van der Waals surface area contributed by atoms with E-state index in [0.717, 1.165) is 16.5 Å². The first kappa shape index (κ1) is 17.2. The molecule has 0 bridgehead atoms. The molecule has 0 aliphatic rings. The summed E-state index contributed by atoms with van der Waals surface area (Å²) in [5, 5.41) is 7.44. The second kappa shape index (κ2) is 7.98. The van der Waals surface area contributed by atoms with Gasteiger partial charge >= 0.3 is 0 Å². The Hall–Kier alpha value is -2.60.